The fraction of sp³-hybridized carbons (Fsp3) is 0. The molecule has 1 N–H and O–H groups in total. The molecule has 0 unspecified atom stereocenters. The Kier molecular flexibility index (Phi) is 3.31. The number of aromatic hydroxyl groups is 1. The van der Waals surface area contributed by atoms with Crippen molar-refractivity contribution in [3.05, 3.63) is 76.4 Å². The van der Waals surface area contributed by atoms with Gasteiger partial charge in [-0.2, -0.15) is 0 Å². The van der Waals surface area contributed by atoms with E-state index in [0.29, 0.717) is 16.8 Å². The number of aromatic nitrogens is 1. The Balaban J connectivity index is 1.78. The van der Waals surface area contributed by atoms with Crippen LogP contribution in [0, 0.1) is 0 Å². The van der Waals surface area contributed by atoms with Crippen LogP contribution in [0.2, 0.25) is 0 Å². The summed E-state index contributed by atoms with van der Waals surface area (Å²) in [6.45, 7) is 0. The number of carbonyl (C=O) groups is 1. The van der Waals surface area contributed by atoms with E-state index in [-0.39, 0.29) is 17.5 Å². The minimum absolute atomic E-state index is 0.197. The molecule has 0 saturated heterocycles. The smallest absolute Gasteiger partial charge is 0.310 e. The third kappa shape index (κ3) is 2.52. The molecule has 1 aliphatic heterocycles. The van der Waals surface area contributed by atoms with E-state index in [1.54, 1.807) is 12.1 Å². The molecule has 2 aromatic carbocycles. The molecule has 0 aliphatic carbocycles. The van der Waals surface area contributed by atoms with Gasteiger partial charge in [-0.25, -0.2) is 9.98 Å². The molecular formula is C19H12N2O3. The predicted octanol–water partition coefficient (Wildman–Crippen LogP) is 2.07. The van der Waals surface area contributed by atoms with Crippen LogP contribution in [0.5, 0.6) is 5.95 Å². The summed E-state index contributed by atoms with van der Waals surface area (Å²) < 4.78 is 5.29. The highest BCUT2D eigenvalue weighted by Gasteiger charge is 2.16. The summed E-state index contributed by atoms with van der Waals surface area (Å²) in [5.74, 6) is -0.417. The van der Waals surface area contributed by atoms with Gasteiger partial charge in [0, 0.05) is 16.4 Å². The molecule has 24 heavy (non-hydrogen) atoms. The van der Waals surface area contributed by atoms with Gasteiger partial charge in [0.25, 0.3) is 5.91 Å². The highest BCUT2D eigenvalue weighted by atomic mass is 16.5. The van der Waals surface area contributed by atoms with Crippen molar-refractivity contribution in [3.63, 3.8) is 0 Å². The highest BCUT2D eigenvalue weighted by Crippen LogP contribution is 2.28. The van der Waals surface area contributed by atoms with E-state index in [1.807, 2.05) is 48.5 Å². The Morgan fingerprint density at radius 2 is 1.75 bits per heavy atom. The van der Waals surface area contributed by atoms with Gasteiger partial charge in [0.15, 0.2) is 0 Å². The van der Waals surface area contributed by atoms with Crippen LogP contribution in [-0.2, 0) is 4.79 Å². The molecule has 5 nitrogen and oxygen atoms in total. The first-order valence-corrected chi connectivity index (χ1v) is 7.37. The summed E-state index contributed by atoms with van der Waals surface area (Å²) in [5, 5.41) is 11.5. The second kappa shape index (κ2) is 5.62. The van der Waals surface area contributed by atoms with Crippen molar-refractivity contribution in [1.82, 2.24) is 4.98 Å². The number of oxazole rings is 1. The van der Waals surface area contributed by atoms with Crippen molar-refractivity contribution < 1.29 is 14.3 Å². The van der Waals surface area contributed by atoms with Gasteiger partial charge in [0.2, 0.25) is 5.89 Å². The lowest BCUT2D eigenvalue weighted by molar-refractivity contribution is -0.114. The first-order valence-electron chi connectivity index (χ1n) is 7.37. The molecule has 0 bridgehead atoms. The molecule has 2 heterocycles. The summed E-state index contributed by atoms with van der Waals surface area (Å²) in [6.07, 6.45) is 3.20. The van der Waals surface area contributed by atoms with Crippen molar-refractivity contribution in [2.24, 2.45) is 4.99 Å². The highest BCUT2D eigenvalue weighted by molar-refractivity contribution is 6.07. The third-order valence-electron chi connectivity index (χ3n) is 3.66. The van der Waals surface area contributed by atoms with E-state index in [2.05, 4.69) is 9.98 Å². The molecule has 0 radical (unpaired) electrons. The van der Waals surface area contributed by atoms with Crippen molar-refractivity contribution >= 4 is 18.1 Å². The van der Waals surface area contributed by atoms with Crippen LogP contribution in [0.25, 0.3) is 23.6 Å². The first-order chi connectivity index (χ1) is 11.7. The zero-order chi connectivity index (χ0) is 16.5. The van der Waals surface area contributed by atoms with Crippen molar-refractivity contribution in [1.29, 1.82) is 0 Å². The maximum absolute atomic E-state index is 12.1. The average molecular weight is 316 g/mol. The maximum Gasteiger partial charge on any atom is 0.310 e. The summed E-state index contributed by atoms with van der Waals surface area (Å²) in [5.41, 5.74) is 1.28. The van der Waals surface area contributed by atoms with Gasteiger partial charge in [-0.05, 0) is 30.4 Å². The number of benzene rings is 2. The molecule has 0 spiro atoms. The number of hydrogen-bond donors (Lipinski definition) is 1. The Morgan fingerprint density at radius 1 is 1.00 bits per heavy atom. The number of para-hydroxylation sites is 1. The van der Waals surface area contributed by atoms with Crippen LogP contribution in [0.3, 0.4) is 0 Å². The largest absolute Gasteiger partial charge is 0.479 e. The molecule has 0 atom stereocenters. The second-order valence-electron chi connectivity index (χ2n) is 5.30. The van der Waals surface area contributed by atoms with Gasteiger partial charge >= 0.3 is 5.95 Å². The molecule has 4 rings (SSSR count). The third-order valence-corrected chi connectivity index (χ3v) is 3.66. The molecule has 5 heteroatoms. The Morgan fingerprint density at radius 3 is 2.58 bits per heavy atom. The van der Waals surface area contributed by atoms with E-state index >= 15 is 0 Å². The molecule has 1 aliphatic rings. The first kappa shape index (κ1) is 14.1. The standard InChI is InChI=1S/C19H12N2O3/c22-17-14(10-13-8-4-5-9-15(13)20-17)11-16-19(23)24-18(21-16)12-6-2-1-3-7-12/h1-11,23H. The quantitative estimate of drug-likeness (QED) is 0.734. The minimum Gasteiger partial charge on any atom is -0.479 e. The van der Waals surface area contributed by atoms with Crippen molar-refractivity contribution in [2.75, 3.05) is 0 Å². The van der Waals surface area contributed by atoms with E-state index in [1.165, 1.54) is 6.08 Å². The van der Waals surface area contributed by atoms with E-state index in [9.17, 15) is 9.90 Å². The number of nitrogens with zero attached hydrogens (tertiary/aromatic N) is 2. The Hall–Kier alpha value is -3.47. The lowest BCUT2D eigenvalue weighted by Gasteiger charge is -2.01. The van der Waals surface area contributed by atoms with Crippen molar-refractivity contribution in [2.45, 2.75) is 0 Å². The van der Waals surface area contributed by atoms with Crippen LogP contribution in [0.1, 0.15) is 5.69 Å². The molecule has 0 fully saturated rings. The molecule has 116 valence electrons. The second-order valence-corrected chi connectivity index (χ2v) is 5.30. The SMILES string of the molecule is O=C1N=c2ccccc2=CC1=Cc1nc(-c2ccccc2)oc1O. The summed E-state index contributed by atoms with van der Waals surface area (Å²) in [6, 6.07) is 16.6. The Bertz CT molecular complexity index is 1080. The van der Waals surface area contributed by atoms with Gasteiger partial charge in [0.05, 0.1) is 5.36 Å². The molecule has 1 aromatic heterocycles. The van der Waals surface area contributed by atoms with Crippen LogP contribution in [-0.4, -0.2) is 16.0 Å². The van der Waals surface area contributed by atoms with Crippen LogP contribution < -0.4 is 10.6 Å². The fourth-order valence-electron chi connectivity index (χ4n) is 2.49. The normalized spacial score (nSPS) is 14.8. The molecule has 1 amide bonds. The number of carbonyl (C=O) groups excluding carboxylic acids is 1. The Labute approximate surface area is 136 Å². The van der Waals surface area contributed by atoms with Gasteiger partial charge in [-0.1, -0.05) is 36.4 Å². The molecule has 0 saturated carbocycles. The maximum atomic E-state index is 12.1. The summed E-state index contributed by atoms with van der Waals surface area (Å²) in [7, 11) is 0. The minimum atomic E-state index is -0.377. The lowest BCUT2D eigenvalue weighted by Crippen LogP contribution is -2.29. The zero-order valence-corrected chi connectivity index (χ0v) is 12.5. The van der Waals surface area contributed by atoms with Crippen LogP contribution >= 0.6 is 0 Å². The fourth-order valence-corrected chi connectivity index (χ4v) is 2.49. The van der Waals surface area contributed by atoms with E-state index < -0.39 is 0 Å². The predicted molar refractivity (Wildman–Crippen MR) is 88.3 cm³/mol. The van der Waals surface area contributed by atoms with Gasteiger partial charge in [-0.3, -0.25) is 4.79 Å². The van der Waals surface area contributed by atoms with E-state index in [0.717, 1.165) is 10.8 Å². The van der Waals surface area contributed by atoms with Crippen molar-refractivity contribution in [3.8, 4) is 17.4 Å². The number of amides is 1. The van der Waals surface area contributed by atoms with Gasteiger partial charge in [0.1, 0.15) is 5.69 Å². The summed E-state index contributed by atoms with van der Waals surface area (Å²) >= 11 is 0. The number of fused-ring (bicyclic) bond motifs is 1. The zero-order valence-electron chi connectivity index (χ0n) is 12.5. The summed E-state index contributed by atoms with van der Waals surface area (Å²) in [4.78, 5) is 20.4. The van der Waals surface area contributed by atoms with E-state index in [4.69, 9.17) is 4.42 Å². The monoisotopic (exact) mass is 316 g/mol. The number of hydrogen-bond acceptors (Lipinski definition) is 4. The molecular weight excluding hydrogens is 304 g/mol. The van der Waals surface area contributed by atoms with Gasteiger partial charge in [-0.15, -0.1) is 0 Å². The van der Waals surface area contributed by atoms with Crippen LogP contribution in [0.15, 0.2) is 69.6 Å². The average Bonchev–Trinajstić information content (AvgIpc) is 2.97. The van der Waals surface area contributed by atoms with Crippen LogP contribution in [0.4, 0.5) is 0 Å². The molecule has 3 aromatic rings. The number of rotatable bonds is 2. The lowest BCUT2D eigenvalue weighted by atomic mass is 10.1. The van der Waals surface area contributed by atoms with Gasteiger partial charge < -0.3 is 9.52 Å². The topological polar surface area (TPSA) is 75.7 Å².